The van der Waals surface area contributed by atoms with Crippen LogP contribution in [0.3, 0.4) is 0 Å². The lowest BCUT2D eigenvalue weighted by molar-refractivity contribution is -0.120. The molecule has 0 saturated carbocycles. The molecule has 1 amide bonds. The number of carbonyl (C=O) groups is 2. The molecule has 2 rings (SSSR count). The van der Waals surface area contributed by atoms with E-state index in [1.54, 1.807) is 36.3 Å². The summed E-state index contributed by atoms with van der Waals surface area (Å²) in [7, 11) is 1.59. The summed E-state index contributed by atoms with van der Waals surface area (Å²) in [4.78, 5) is 24.9. The van der Waals surface area contributed by atoms with E-state index in [0.29, 0.717) is 31.5 Å². The van der Waals surface area contributed by atoms with Crippen LogP contribution >= 0.6 is 0 Å². The molecule has 1 aromatic rings. The first-order valence-electron chi connectivity index (χ1n) is 8.07. The smallest absolute Gasteiger partial charge is 0.253 e. The van der Waals surface area contributed by atoms with Gasteiger partial charge in [-0.2, -0.15) is 0 Å². The molecule has 0 aromatic heterocycles. The summed E-state index contributed by atoms with van der Waals surface area (Å²) in [6, 6.07) is 7.03. The van der Waals surface area contributed by atoms with Crippen molar-refractivity contribution < 1.29 is 14.3 Å². The highest BCUT2D eigenvalue weighted by molar-refractivity contribution is 5.95. The van der Waals surface area contributed by atoms with Gasteiger partial charge < -0.3 is 9.64 Å². The van der Waals surface area contributed by atoms with Crippen LogP contribution in [-0.4, -0.2) is 36.8 Å². The number of rotatable bonds is 2. The van der Waals surface area contributed by atoms with Gasteiger partial charge in [-0.15, -0.1) is 0 Å². The van der Waals surface area contributed by atoms with Gasteiger partial charge >= 0.3 is 0 Å². The molecule has 4 nitrogen and oxygen atoms in total. The van der Waals surface area contributed by atoms with E-state index in [1.165, 1.54) is 6.42 Å². The second-order valence-corrected chi connectivity index (χ2v) is 4.77. The summed E-state index contributed by atoms with van der Waals surface area (Å²) >= 11 is 0. The second kappa shape index (κ2) is 11.8. The molecule has 0 radical (unpaired) electrons. The fourth-order valence-electron chi connectivity index (χ4n) is 1.88. The number of piperidine rings is 1. The molecule has 4 heteroatoms. The van der Waals surface area contributed by atoms with E-state index < -0.39 is 0 Å². The van der Waals surface area contributed by atoms with Crippen LogP contribution in [0.5, 0.6) is 5.75 Å². The number of amides is 1. The van der Waals surface area contributed by atoms with Crippen LogP contribution in [0.2, 0.25) is 0 Å². The number of methoxy groups -OCH3 is 1. The van der Waals surface area contributed by atoms with Gasteiger partial charge in [0, 0.05) is 31.5 Å². The number of ketones is 1. The number of hydrogen-bond donors (Lipinski definition) is 0. The van der Waals surface area contributed by atoms with E-state index in [1.807, 2.05) is 13.8 Å². The number of Topliss-reactive ketones (excluding diaryl/α,β-unsaturated/α-hetero) is 1. The van der Waals surface area contributed by atoms with Gasteiger partial charge in [0.05, 0.1) is 7.11 Å². The maximum atomic E-state index is 12.1. The fraction of sp³-hybridized carbons (Fsp3) is 0.556. The monoisotopic (exact) mass is 307 g/mol. The van der Waals surface area contributed by atoms with Gasteiger partial charge in [-0.05, 0) is 24.3 Å². The van der Waals surface area contributed by atoms with Crippen molar-refractivity contribution in [3.63, 3.8) is 0 Å². The minimum absolute atomic E-state index is 0.0137. The largest absolute Gasteiger partial charge is 0.497 e. The van der Waals surface area contributed by atoms with E-state index >= 15 is 0 Å². The molecular weight excluding hydrogens is 278 g/mol. The summed E-state index contributed by atoms with van der Waals surface area (Å²) in [5.74, 6) is 0.958. The quantitative estimate of drug-likeness (QED) is 0.831. The van der Waals surface area contributed by atoms with Gasteiger partial charge in [-0.3, -0.25) is 9.59 Å². The Kier molecular flexibility index (Phi) is 10.8. The SMILES string of the molecule is CC.CCC.COc1ccc(C(=O)N2CCC(=O)CC2)cc1. The standard InChI is InChI=1S/C13H15NO3.C3H8.C2H6/c1-17-12-4-2-10(3-5-12)13(16)14-8-6-11(15)7-9-14;1-3-2;1-2/h2-5H,6-9H2,1H3;3H2,1-2H3;1-2H3. The molecule has 1 saturated heterocycles. The lowest BCUT2D eigenvalue weighted by Crippen LogP contribution is -2.38. The van der Waals surface area contributed by atoms with E-state index in [-0.39, 0.29) is 11.7 Å². The predicted octanol–water partition coefficient (Wildman–Crippen LogP) is 3.94. The van der Waals surface area contributed by atoms with Crippen LogP contribution in [0.1, 0.15) is 57.3 Å². The van der Waals surface area contributed by atoms with Crippen LogP contribution in [0, 0.1) is 0 Å². The van der Waals surface area contributed by atoms with Crippen molar-refractivity contribution in [3.8, 4) is 5.75 Å². The molecule has 124 valence electrons. The van der Waals surface area contributed by atoms with Gasteiger partial charge in [-0.1, -0.05) is 34.1 Å². The van der Waals surface area contributed by atoms with Crippen molar-refractivity contribution in [2.75, 3.05) is 20.2 Å². The van der Waals surface area contributed by atoms with Crippen LogP contribution < -0.4 is 4.74 Å². The third-order valence-electron chi connectivity index (χ3n) is 2.95. The van der Waals surface area contributed by atoms with E-state index in [9.17, 15) is 9.59 Å². The molecule has 1 aliphatic heterocycles. The Hall–Kier alpha value is -1.84. The average molecular weight is 307 g/mol. The van der Waals surface area contributed by atoms with Crippen molar-refractivity contribution in [1.29, 1.82) is 0 Å². The van der Waals surface area contributed by atoms with Crippen molar-refractivity contribution in [2.24, 2.45) is 0 Å². The Balaban J connectivity index is 0.000000789. The third-order valence-corrected chi connectivity index (χ3v) is 2.95. The Bertz CT molecular complexity index is 430. The maximum absolute atomic E-state index is 12.1. The summed E-state index contributed by atoms with van der Waals surface area (Å²) in [6.45, 7) is 9.31. The molecule has 1 heterocycles. The highest BCUT2D eigenvalue weighted by Gasteiger charge is 2.21. The molecule has 1 aromatic carbocycles. The van der Waals surface area contributed by atoms with Crippen molar-refractivity contribution >= 4 is 11.7 Å². The first-order valence-corrected chi connectivity index (χ1v) is 8.07. The number of benzene rings is 1. The number of likely N-dealkylation sites (tertiary alicyclic amines) is 1. The minimum Gasteiger partial charge on any atom is -0.497 e. The molecule has 0 spiro atoms. The number of carbonyl (C=O) groups excluding carboxylic acids is 2. The molecule has 0 unspecified atom stereocenters. The van der Waals surface area contributed by atoms with E-state index in [0.717, 1.165) is 5.75 Å². The maximum Gasteiger partial charge on any atom is 0.253 e. The Morgan fingerprint density at radius 1 is 1.09 bits per heavy atom. The number of ether oxygens (including phenoxy) is 1. The Labute approximate surface area is 134 Å². The predicted molar refractivity (Wildman–Crippen MR) is 90.5 cm³/mol. The van der Waals surface area contributed by atoms with Crippen LogP contribution in [0.4, 0.5) is 0 Å². The highest BCUT2D eigenvalue weighted by Crippen LogP contribution is 2.15. The van der Waals surface area contributed by atoms with Crippen molar-refractivity contribution in [2.45, 2.75) is 47.0 Å². The molecule has 0 bridgehead atoms. The van der Waals surface area contributed by atoms with E-state index in [2.05, 4.69) is 13.8 Å². The number of hydrogen-bond acceptors (Lipinski definition) is 3. The molecule has 1 fully saturated rings. The zero-order valence-electron chi connectivity index (χ0n) is 14.5. The molecule has 0 atom stereocenters. The summed E-state index contributed by atoms with van der Waals surface area (Å²) < 4.78 is 5.04. The molecule has 0 N–H and O–H groups in total. The van der Waals surface area contributed by atoms with Gasteiger partial charge in [0.2, 0.25) is 0 Å². The Morgan fingerprint density at radius 3 is 1.95 bits per heavy atom. The summed E-state index contributed by atoms with van der Waals surface area (Å²) in [6.07, 6.45) is 2.20. The number of nitrogens with zero attached hydrogens (tertiary/aromatic N) is 1. The van der Waals surface area contributed by atoms with Gasteiger partial charge in [0.1, 0.15) is 11.5 Å². The Morgan fingerprint density at radius 2 is 1.55 bits per heavy atom. The van der Waals surface area contributed by atoms with Crippen molar-refractivity contribution in [1.82, 2.24) is 4.90 Å². The van der Waals surface area contributed by atoms with Crippen molar-refractivity contribution in [3.05, 3.63) is 29.8 Å². The average Bonchev–Trinajstić information content (AvgIpc) is 2.57. The zero-order valence-corrected chi connectivity index (χ0v) is 14.5. The summed E-state index contributed by atoms with van der Waals surface area (Å²) in [5, 5.41) is 0. The molecule has 1 aliphatic rings. The molecular formula is C18H29NO3. The lowest BCUT2D eigenvalue weighted by Gasteiger charge is -2.26. The first kappa shape index (κ1) is 20.2. The lowest BCUT2D eigenvalue weighted by atomic mass is 10.1. The molecule has 22 heavy (non-hydrogen) atoms. The van der Waals surface area contributed by atoms with Crippen LogP contribution in [0.15, 0.2) is 24.3 Å². The third kappa shape index (κ3) is 6.74. The van der Waals surface area contributed by atoms with Gasteiger partial charge in [0.25, 0.3) is 5.91 Å². The topological polar surface area (TPSA) is 46.6 Å². The van der Waals surface area contributed by atoms with Gasteiger partial charge in [0.15, 0.2) is 0 Å². The minimum atomic E-state index is -0.0137. The first-order chi connectivity index (χ1) is 10.6. The fourth-order valence-corrected chi connectivity index (χ4v) is 1.88. The zero-order chi connectivity index (χ0) is 17.0. The summed E-state index contributed by atoms with van der Waals surface area (Å²) in [5.41, 5.74) is 0.639. The van der Waals surface area contributed by atoms with Gasteiger partial charge in [-0.25, -0.2) is 0 Å². The molecule has 0 aliphatic carbocycles. The van der Waals surface area contributed by atoms with Crippen LogP contribution in [0.25, 0.3) is 0 Å². The highest BCUT2D eigenvalue weighted by atomic mass is 16.5. The van der Waals surface area contributed by atoms with Crippen LogP contribution in [-0.2, 0) is 4.79 Å². The van der Waals surface area contributed by atoms with E-state index in [4.69, 9.17) is 4.74 Å². The normalized spacial score (nSPS) is 13.3. The second-order valence-electron chi connectivity index (χ2n) is 4.77.